The van der Waals surface area contributed by atoms with Gasteiger partial charge in [-0.05, 0) is 39.0 Å². The standard InChI is InChI=1S/C18H21N5O3S/c1-4-25-15-8-6-5-7-14(15)20-17(24)12(3)27-18-22-21-16(23(18)19)13-9-10-26-11(13)2/h5-10,12H,4,19H2,1-3H3,(H,20,24). The predicted molar refractivity (Wildman–Crippen MR) is 104 cm³/mol. The number of amides is 1. The van der Waals surface area contributed by atoms with Crippen LogP contribution in [-0.2, 0) is 4.79 Å². The maximum Gasteiger partial charge on any atom is 0.237 e. The molecule has 0 saturated heterocycles. The molecule has 8 nitrogen and oxygen atoms in total. The molecule has 0 aliphatic rings. The van der Waals surface area contributed by atoms with Crippen molar-refractivity contribution in [3.63, 3.8) is 0 Å². The van der Waals surface area contributed by atoms with Crippen molar-refractivity contribution in [2.75, 3.05) is 17.8 Å². The highest BCUT2D eigenvalue weighted by Crippen LogP contribution is 2.29. The molecule has 3 rings (SSSR count). The van der Waals surface area contributed by atoms with Crippen molar-refractivity contribution in [3.05, 3.63) is 42.4 Å². The van der Waals surface area contributed by atoms with Gasteiger partial charge in [0, 0.05) is 0 Å². The molecule has 9 heteroatoms. The summed E-state index contributed by atoms with van der Waals surface area (Å²) < 4.78 is 12.2. The average Bonchev–Trinajstić information content (AvgIpc) is 3.22. The van der Waals surface area contributed by atoms with Crippen molar-refractivity contribution in [2.24, 2.45) is 0 Å². The SMILES string of the molecule is CCOc1ccccc1NC(=O)C(C)Sc1nnc(-c2ccoc2C)n1N. The molecule has 0 bridgehead atoms. The second-order valence-corrected chi connectivity index (χ2v) is 7.05. The maximum atomic E-state index is 12.6. The molecule has 1 amide bonds. The number of nitrogens with two attached hydrogens (primary N) is 1. The summed E-state index contributed by atoms with van der Waals surface area (Å²) in [5, 5.41) is 11.1. The smallest absolute Gasteiger partial charge is 0.237 e. The van der Waals surface area contributed by atoms with Crippen molar-refractivity contribution in [2.45, 2.75) is 31.2 Å². The van der Waals surface area contributed by atoms with Crippen LogP contribution in [0.3, 0.4) is 0 Å². The first-order valence-electron chi connectivity index (χ1n) is 8.45. The number of hydrogen-bond acceptors (Lipinski definition) is 7. The van der Waals surface area contributed by atoms with E-state index in [0.717, 1.165) is 5.56 Å². The van der Waals surface area contributed by atoms with E-state index in [9.17, 15) is 4.79 Å². The third-order valence-electron chi connectivity index (χ3n) is 3.86. The van der Waals surface area contributed by atoms with E-state index in [1.54, 1.807) is 25.3 Å². The van der Waals surface area contributed by atoms with Crippen molar-refractivity contribution < 1.29 is 13.9 Å². The van der Waals surface area contributed by atoms with Gasteiger partial charge < -0.3 is 20.3 Å². The second kappa shape index (κ2) is 8.17. The molecule has 2 aromatic heterocycles. The summed E-state index contributed by atoms with van der Waals surface area (Å²) in [5.41, 5.74) is 1.39. The van der Waals surface area contributed by atoms with Crippen LogP contribution in [0, 0.1) is 6.92 Å². The fraction of sp³-hybridized carbons (Fsp3) is 0.278. The number of nitrogen functional groups attached to an aromatic ring is 1. The van der Waals surface area contributed by atoms with E-state index in [-0.39, 0.29) is 5.91 Å². The third kappa shape index (κ3) is 4.08. The first-order chi connectivity index (χ1) is 13.0. The van der Waals surface area contributed by atoms with Crippen molar-refractivity contribution in [3.8, 4) is 17.1 Å². The number of aromatic nitrogens is 3. The molecule has 3 N–H and O–H groups in total. The largest absolute Gasteiger partial charge is 0.492 e. The summed E-state index contributed by atoms with van der Waals surface area (Å²) in [6, 6.07) is 9.08. The highest BCUT2D eigenvalue weighted by molar-refractivity contribution is 8.00. The molecule has 0 saturated carbocycles. The van der Waals surface area contributed by atoms with Gasteiger partial charge in [-0.1, -0.05) is 23.9 Å². The fourth-order valence-electron chi connectivity index (χ4n) is 2.46. The summed E-state index contributed by atoms with van der Waals surface area (Å²) in [6.45, 7) is 6.01. The lowest BCUT2D eigenvalue weighted by Crippen LogP contribution is -2.24. The fourth-order valence-corrected chi connectivity index (χ4v) is 3.23. The molecule has 1 unspecified atom stereocenters. The molecule has 0 aliphatic heterocycles. The Hall–Kier alpha value is -2.94. The zero-order chi connectivity index (χ0) is 19.4. The number of thioether (sulfide) groups is 1. The van der Waals surface area contributed by atoms with Gasteiger partial charge >= 0.3 is 0 Å². The molecule has 0 radical (unpaired) electrons. The lowest BCUT2D eigenvalue weighted by Gasteiger charge is -2.14. The Kier molecular flexibility index (Phi) is 5.70. The van der Waals surface area contributed by atoms with E-state index >= 15 is 0 Å². The predicted octanol–water partition coefficient (Wildman–Crippen LogP) is 3.08. The highest BCUT2D eigenvalue weighted by Gasteiger charge is 2.22. The van der Waals surface area contributed by atoms with Gasteiger partial charge in [0.1, 0.15) is 11.5 Å². The van der Waals surface area contributed by atoms with E-state index in [0.29, 0.717) is 34.8 Å². The Morgan fingerprint density at radius 2 is 2.15 bits per heavy atom. The number of anilines is 1. The number of carbonyl (C=O) groups is 1. The van der Waals surface area contributed by atoms with E-state index in [4.69, 9.17) is 15.0 Å². The summed E-state index contributed by atoms with van der Waals surface area (Å²) in [4.78, 5) is 12.6. The molecule has 1 atom stereocenters. The van der Waals surface area contributed by atoms with Gasteiger partial charge in [-0.15, -0.1) is 10.2 Å². The molecule has 3 aromatic rings. The van der Waals surface area contributed by atoms with Crippen LogP contribution in [0.2, 0.25) is 0 Å². The Morgan fingerprint density at radius 1 is 1.37 bits per heavy atom. The van der Waals surface area contributed by atoms with Crippen LogP contribution in [-0.4, -0.2) is 32.6 Å². The van der Waals surface area contributed by atoms with Gasteiger partial charge in [-0.3, -0.25) is 4.79 Å². The number of carbonyl (C=O) groups excluding carboxylic acids is 1. The summed E-state index contributed by atoms with van der Waals surface area (Å²) in [5.74, 6) is 7.73. The molecule has 27 heavy (non-hydrogen) atoms. The van der Waals surface area contributed by atoms with Crippen LogP contribution < -0.4 is 15.9 Å². The second-order valence-electron chi connectivity index (χ2n) is 5.75. The van der Waals surface area contributed by atoms with Crippen LogP contribution in [0.1, 0.15) is 19.6 Å². The normalized spacial score (nSPS) is 12.0. The number of hydrogen-bond donors (Lipinski definition) is 2. The van der Waals surface area contributed by atoms with Crippen molar-refractivity contribution in [1.29, 1.82) is 0 Å². The summed E-state index contributed by atoms with van der Waals surface area (Å²) >= 11 is 1.22. The molecular weight excluding hydrogens is 366 g/mol. The molecular formula is C18H21N5O3S. The first kappa shape index (κ1) is 18.8. The van der Waals surface area contributed by atoms with E-state index in [1.807, 2.05) is 32.0 Å². The number of ether oxygens (including phenoxy) is 1. The highest BCUT2D eigenvalue weighted by atomic mass is 32.2. The average molecular weight is 387 g/mol. The van der Waals surface area contributed by atoms with Crippen LogP contribution in [0.15, 0.2) is 46.2 Å². The van der Waals surface area contributed by atoms with Gasteiger partial charge in [0.25, 0.3) is 0 Å². The summed E-state index contributed by atoms with van der Waals surface area (Å²) in [7, 11) is 0. The summed E-state index contributed by atoms with van der Waals surface area (Å²) in [6.07, 6.45) is 1.57. The number of nitrogens with zero attached hydrogens (tertiary/aromatic N) is 3. The topological polar surface area (TPSA) is 108 Å². The van der Waals surface area contributed by atoms with Gasteiger partial charge in [0.05, 0.1) is 29.4 Å². The Morgan fingerprint density at radius 3 is 2.85 bits per heavy atom. The van der Waals surface area contributed by atoms with Crippen molar-refractivity contribution >= 4 is 23.4 Å². The molecule has 0 aliphatic carbocycles. The number of furan rings is 1. The van der Waals surface area contributed by atoms with Gasteiger partial charge in [0.15, 0.2) is 5.82 Å². The number of nitrogens with one attached hydrogen (secondary N) is 1. The molecule has 1 aromatic carbocycles. The zero-order valence-electron chi connectivity index (χ0n) is 15.3. The number of benzene rings is 1. The minimum atomic E-state index is -0.440. The van der Waals surface area contributed by atoms with Gasteiger partial charge in [-0.2, -0.15) is 0 Å². The van der Waals surface area contributed by atoms with Crippen LogP contribution >= 0.6 is 11.8 Å². The number of rotatable bonds is 7. The van der Waals surface area contributed by atoms with Crippen LogP contribution in [0.5, 0.6) is 5.75 Å². The van der Waals surface area contributed by atoms with Crippen LogP contribution in [0.25, 0.3) is 11.4 Å². The third-order valence-corrected chi connectivity index (χ3v) is 4.92. The zero-order valence-corrected chi connectivity index (χ0v) is 16.1. The lowest BCUT2D eigenvalue weighted by molar-refractivity contribution is -0.115. The monoisotopic (exact) mass is 387 g/mol. The van der Waals surface area contributed by atoms with Gasteiger partial charge in [-0.25, -0.2) is 4.68 Å². The van der Waals surface area contributed by atoms with Crippen molar-refractivity contribution in [1.82, 2.24) is 14.9 Å². The number of aryl methyl sites for hydroxylation is 1. The molecule has 2 heterocycles. The van der Waals surface area contributed by atoms with E-state index in [2.05, 4.69) is 15.5 Å². The minimum absolute atomic E-state index is 0.184. The molecule has 0 fully saturated rings. The maximum absolute atomic E-state index is 12.6. The van der Waals surface area contributed by atoms with E-state index < -0.39 is 5.25 Å². The van der Waals surface area contributed by atoms with Crippen LogP contribution in [0.4, 0.5) is 5.69 Å². The Balaban J connectivity index is 1.71. The molecule has 142 valence electrons. The minimum Gasteiger partial charge on any atom is -0.492 e. The quantitative estimate of drug-likeness (QED) is 0.474. The van der Waals surface area contributed by atoms with E-state index in [1.165, 1.54) is 16.4 Å². The Labute approximate surface area is 161 Å². The Bertz CT molecular complexity index is 937. The first-order valence-corrected chi connectivity index (χ1v) is 9.33. The molecule has 0 spiro atoms. The van der Waals surface area contributed by atoms with Gasteiger partial charge in [0.2, 0.25) is 11.1 Å². The lowest BCUT2D eigenvalue weighted by atomic mass is 10.2. The number of para-hydroxylation sites is 2.